The highest BCUT2D eigenvalue weighted by molar-refractivity contribution is 7.92. The summed E-state index contributed by atoms with van der Waals surface area (Å²) in [6, 6.07) is 3.94. The fourth-order valence-corrected chi connectivity index (χ4v) is 4.82. The molecule has 3 aromatic rings. The molecule has 1 amide bonds. The number of sulfone groups is 1. The molecule has 2 heterocycles. The van der Waals surface area contributed by atoms with Crippen LogP contribution in [0, 0.1) is 5.92 Å². The van der Waals surface area contributed by atoms with Gasteiger partial charge in [0.05, 0.1) is 11.2 Å². The number of carbonyl (C=O) groups excluding carboxylic acids is 1. The second kappa shape index (κ2) is 8.45. The minimum absolute atomic E-state index is 0.0175. The summed E-state index contributed by atoms with van der Waals surface area (Å²) < 4.78 is 62.7. The van der Waals surface area contributed by atoms with Crippen molar-refractivity contribution in [3.63, 3.8) is 0 Å². The predicted molar refractivity (Wildman–Crippen MR) is 114 cm³/mol. The van der Waals surface area contributed by atoms with Crippen LogP contribution < -0.4 is 11.1 Å². The van der Waals surface area contributed by atoms with E-state index in [0.29, 0.717) is 36.8 Å². The van der Waals surface area contributed by atoms with Crippen LogP contribution in [-0.4, -0.2) is 39.4 Å². The molecule has 0 saturated heterocycles. The van der Waals surface area contributed by atoms with Gasteiger partial charge in [-0.2, -0.15) is 23.1 Å². The van der Waals surface area contributed by atoms with Gasteiger partial charge in [-0.1, -0.05) is 0 Å². The zero-order chi connectivity index (χ0) is 24.0. The molecule has 14 heteroatoms. The molecule has 3 N–H and O–H groups in total. The van der Waals surface area contributed by atoms with Gasteiger partial charge in [-0.25, -0.2) is 13.4 Å². The van der Waals surface area contributed by atoms with E-state index >= 15 is 0 Å². The summed E-state index contributed by atoms with van der Waals surface area (Å²) in [6.45, 7) is 0. The number of fused-ring (bicyclic) bond motifs is 1. The van der Waals surface area contributed by atoms with Gasteiger partial charge >= 0.3 is 5.51 Å². The topological polar surface area (TPSA) is 133 Å². The molecule has 1 aromatic carbocycles. The summed E-state index contributed by atoms with van der Waals surface area (Å²) >= 11 is 5.91. The number of benzene rings is 1. The van der Waals surface area contributed by atoms with Gasteiger partial charge in [0.2, 0.25) is 11.2 Å². The van der Waals surface area contributed by atoms with Crippen LogP contribution in [0.2, 0.25) is 5.28 Å². The van der Waals surface area contributed by atoms with Crippen LogP contribution >= 0.6 is 11.6 Å². The highest BCUT2D eigenvalue weighted by atomic mass is 35.5. The molecule has 33 heavy (non-hydrogen) atoms. The average molecular weight is 503 g/mol. The minimum Gasteiger partial charge on any atom is -0.382 e. The van der Waals surface area contributed by atoms with E-state index in [-0.39, 0.29) is 34.7 Å². The number of carbonyl (C=O) groups is 1. The molecule has 1 aliphatic carbocycles. The van der Waals surface area contributed by atoms with Gasteiger partial charge in [0, 0.05) is 17.6 Å². The summed E-state index contributed by atoms with van der Waals surface area (Å²) in [5.41, 5.74) is 1.64. The van der Waals surface area contributed by atoms with E-state index in [1.54, 1.807) is 6.33 Å². The number of amides is 1. The Labute approximate surface area is 191 Å². The molecule has 9 nitrogen and oxygen atoms in total. The molecular formula is C19H18ClF3N6O3S. The van der Waals surface area contributed by atoms with Gasteiger partial charge in [0.1, 0.15) is 5.52 Å². The Morgan fingerprint density at radius 3 is 2.36 bits per heavy atom. The number of nitrogen functional groups attached to an aromatic ring is 1. The Morgan fingerprint density at radius 2 is 1.76 bits per heavy atom. The lowest BCUT2D eigenvalue weighted by Crippen LogP contribution is -2.28. The van der Waals surface area contributed by atoms with Gasteiger partial charge in [0.25, 0.3) is 9.84 Å². The maximum Gasteiger partial charge on any atom is 0.501 e. The number of nitrogens with one attached hydrogen (secondary N) is 1. The maximum atomic E-state index is 12.6. The maximum absolute atomic E-state index is 12.6. The Bertz CT molecular complexity index is 1300. The van der Waals surface area contributed by atoms with Crippen molar-refractivity contribution < 1.29 is 26.4 Å². The lowest BCUT2D eigenvalue weighted by molar-refractivity contribution is -0.121. The molecule has 0 aliphatic heterocycles. The lowest BCUT2D eigenvalue weighted by Gasteiger charge is -2.28. The first-order valence-electron chi connectivity index (χ1n) is 9.85. The van der Waals surface area contributed by atoms with E-state index in [9.17, 15) is 26.4 Å². The summed E-state index contributed by atoms with van der Waals surface area (Å²) in [5.74, 6) is -0.409. The molecule has 1 aliphatic rings. The molecule has 0 bridgehead atoms. The van der Waals surface area contributed by atoms with E-state index in [2.05, 4.69) is 20.3 Å². The third-order valence-electron chi connectivity index (χ3n) is 5.62. The number of alkyl halides is 3. The Morgan fingerprint density at radius 1 is 1.12 bits per heavy atom. The number of aromatic nitrogens is 4. The summed E-state index contributed by atoms with van der Waals surface area (Å²) in [5, 5.41) is 2.65. The van der Waals surface area contributed by atoms with Gasteiger partial charge < -0.3 is 15.6 Å². The number of imidazole rings is 1. The number of rotatable bonds is 4. The SMILES string of the molecule is Nc1nc(Cl)nc2c1ncn2C1CCC(C(=O)Nc2ccc(S(=O)(=O)C(F)(F)F)cc2)CC1. The molecule has 4 rings (SSSR count). The monoisotopic (exact) mass is 502 g/mol. The molecule has 0 radical (unpaired) electrons. The summed E-state index contributed by atoms with van der Waals surface area (Å²) in [6.07, 6.45) is 4.06. The van der Waals surface area contributed by atoms with Crippen molar-refractivity contribution >= 4 is 50.0 Å². The average Bonchev–Trinajstić information content (AvgIpc) is 3.17. The van der Waals surface area contributed by atoms with Crippen LogP contribution in [0.1, 0.15) is 31.7 Å². The number of halogens is 4. The highest BCUT2D eigenvalue weighted by Gasteiger charge is 2.46. The molecular weight excluding hydrogens is 485 g/mol. The number of hydrogen-bond donors (Lipinski definition) is 2. The standard InChI is InChI=1S/C19H18ClF3N6O3S/c20-18-27-15(24)14-16(28-18)29(9-25-14)12-5-1-10(2-6-12)17(30)26-11-3-7-13(8-4-11)33(31,32)19(21,22)23/h3-4,7-10,12H,1-2,5-6H2,(H,26,30)(H2,24,27,28). The van der Waals surface area contributed by atoms with Crippen LogP contribution in [0.4, 0.5) is 24.7 Å². The van der Waals surface area contributed by atoms with E-state index in [0.717, 1.165) is 24.3 Å². The largest absolute Gasteiger partial charge is 0.501 e. The van der Waals surface area contributed by atoms with Crippen LogP contribution in [0.3, 0.4) is 0 Å². The fourth-order valence-electron chi connectivity index (χ4n) is 3.89. The van der Waals surface area contributed by atoms with Gasteiger partial charge in [-0.3, -0.25) is 4.79 Å². The van der Waals surface area contributed by atoms with E-state index < -0.39 is 20.2 Å². The minimum atomic E-state index is -5.44. The summed E-state index contributed by atoms with van der Waals surface area (Å²) in [7, 11) is -5.44. The van der Waals surface area contributed by atoms with Crippen molar-refractivity contribution in [1.82, 2.24) is 19.5 Å². The Hall–Kier alpha value is -2.93. The van der Waals surface area contributed by atoms with E-state index in [4.69, 9.17) is 17.3 Å². The molecule has 0 atom stereocenters. The lowest BCUT2D eigenvalue weighted by atomic mass is 9.85. The van der Waals surface area contributed by atoms with Crippen molar-refractivity contribution in [2.45, 2.75) is 42.1 Å². The zero-order valence-corrected chi connectivity index (χ0v) is 18.5. The molecule has 1 saturated carbocycles. The highest BCUT2D eigenvalue weighted by Crippen LogP contribution is 2.35. The molecule has 0 spiro atoms. The zero-order valence-electron chi connectivity index (χ0n) is 16.9. The number of hydrogen-bond acceptors (Lipinski definition) is 7. The second-order valence-corrected chi connectivity index (χ2v) is 9.95. The van der Waals surface area contributed by atoms with Crippen molar-refractivity contribution in [2.75, 3.05) is 11.1 Å². The van der Waals surface area contributed by atoms with Crippen LogP contribution in [0.5, 0.6) is 0 Å². The molecule has 0 unspecified atom stereocenters. The summed E-state index contributed by atoms with van der Waals surface area (Å²) in [4.78, 5) is 24.1. The Kier molecular flexibility index (Phi) is 5.95. The van der Waals surface area contributed by atoms with Crippen molar-refractivity contribution in [2.24, 2.45) is 5.92 Å². The predicted octanol–water partition coefficient (Wildman–Crippen LogP) is 3.73. The third-order valence-corrected chi connectivity index (χ3v) is 7.29. The Balaban J connectivity index is 1.39. The van der Waals surface area contributed by atoms with Crippen molar-refractivity contribution in [3.8, 4) is 0 Å². The number of anilines is 2. The first kappa shape index (κ1) is 23.2. The van der Waals surface area contributed by atoms with Crippen LogP contribution in [0.25, 0.3) is 11.2 Å². The van der Waals surface area contributed by atoms with E-state index in [1.807, 2.05) is 4.57 Å². The first-order chi connectivity index (χ1) is 15.5. The quantitative estimate of drug-likeness (QED) is 0.519. The number of nitrogens with zero attached hydrogens (tertiary/aromatic N) is 4. The normalized spacial score (nSPS) is 19.5. The van der Waals surface area contributed by atoms with Gasteiger partial charge in [-0.15, -0.1) is 0 Å². The first-order valence-corrected chi connectivity index (χ1v) is 11.7. The third kappa shape index (κ3) is 4.47. The van der Waals surface area contributed by atoms with Crippen LogP contribution in [0.15, 0.2) is 35.5 Å². The van der Waals surface area contributed by atoms with Crippen molar-refractivity contribution in [3.05, 3.63) is 35.9 Å². The van der Waals surface area contributed by atoms with Gasteiger partial charge in [0.15, 0.2) is 11.5 Å². The number of nitrogens with two attached hydrogens (primary N) is 1. The molecule has 2 aromatic heterocycles. The second-order valence-electron chi connectivity index (χ2n) is 7.67. The smallest absolute Gasteiger partial charge is 0.382 e. The fraction of sp³-hybridized carbons (Fsp3) is 0.368. The van der Waals surface area contributed by atoms with Crippen LogP contribution in [-0.2, 0) is 14.6 Å². The molecule has 1 fully saturated rings. The van der Waals surface area contributed by atoms with Gasteiger partial charge in [-0.05, 0) is 61.5 Å². The van der Waals surface area contributed by atoms with Crippen molar-refractivity contribution in [1.29, 1.82) is 0 Å². The van der Waals surface area contributed by atoms with E-state index in [1.165, 1.54) is 0 Å². The molecule has 176 valence electrons.